The quantitative estimate of drug-likeness (QED) is 0.464. The van der Waals surface area contributed by atoms with Crippen LogP contribution in [0.3, 0.4) is 0 Å². The zero-order chi connectivity index (χ0) is 13.1. The number of likely N-dealkylation sites (N-methyl/N-ethyl adjacent to an activating group) is 1. The van der Waals surface area contributed by atoms with E-state index < -0.39 is 0 Å². The minimum Gasteiger partial charge on any atom is -0.409 e. The van der Waals surface area contributed by atoms with Crippen molar-refractivity contribution in [3.8, 4) is 6.07 Å². The molecule has 0 aromatic heterocycles. The highest BCUT2D eigenvalue weighted by molar-refractivity contribution is 6.17. The topological polar surface area (TPSA) is 72.0 Å². The second-order valence-corrected chi connectivity index (χ2v) is 3.84. The molecule has 0 fully saturated rings. The Bertz CT molecular complexity index is 593. The van der Waals surface area contributed by atoms with Crippen molar-refractivity contribution in [1.29, 1.82) is 5.26 Å². The van der Waals surface area contributed by atoms with Crippen molar-refractivity contribution in [3.05, 3.63) is 41.6 Å². The summed E-state index contributed by atoms with van der Waals surface area (Å²) in [5, 5.41) is 21.5. The number of rotatable bonds is 1. The van der Waals surface area contributed by atoms with Crippen LogP contribution < -0.4 is 0 Å². The molecule has 0 atom stereocenters. The maximum atomic E-state index is 9.34. The number of allylic oxidation sites excluding steroid dienone is 1. The number of nitriles is 1. The first-order valence-corrected chi connectivity index (χ1v) is 5.40. The summed E-state index contributed by atoms with van der Waals surface area (Å²) in [6, 6.07) is 11.4. The van der Waals surface area contributed by atoms with E-state index in [0.717, 1.165) is 5.56 Å². The van der Waals surface area contributed by atoms with Crippen molar-refractivity contribution in [2.75, 3.05) is 7.05 Å². The molecule has 1 aromatic rings. The van der Waals surface area contributed by atoms with Gasteiger partial charge in [-0.25, -0.2) is 4.99 Å². The molecule has 0 radical (unpaired) electrons. The summed E-state index contributed by atoms with van der Waals surface area (Å²) >= 11 is 0. The molecule has 0 saturated carbocycles. The zero-order valence-corrected chi connectivity index (χ0v) is 10.1. The first-order valence-electron chi connectivity index (χ1n) is 5.40. The first kappa shape index (κ1) is 11.9. The zero-order valence-electron chi connectivity index (χ0n) is 10.1. The minimum absolute atomic E-state index is 0.162. The van der Waals surface area contributed by atoms with E-state index in [1.165, 1.54) is 0 Å². The minimum atomic E-state index is 0.162. The van der Waals surface area contributed by atoms with E-state index >= 15 is 0 Å². The van der Waals surface area contributed by atoms with Crippen LogP contribution in [0.5, 0.6) is 0 Å². The van der Waals surface area contributed by atoms with Crippen LogP contribution in [-0.4, -0.2) is 28.8 Å². The molecule has 90 valence electrons. The van der Waals surface area contributed by atoms with Gasteiger partial charge in [-0.2, -0.15) is 5.26 Å². The Kier molecular flexibility index (Phi) is 3.11. The van der Waals surface area contributed by atoms with Crippen LogP contribution in [0.2, 0.25) is 0 Å². The summed E-state index contributed by atoms with van der Waals surface area (Å²) in [7, 11) is 1.78. The molecule has 0 spiro atoms. The second-order valence-electron chi connectivity index (χ2n) is 3.84. The molecule has 2 rings (SSSR count). The van der Waals surface area contributed by atoms with Crippen molar-refractivity contribution in [3.63, 3.8) is 0 Å². The highest BCUT2D eigenvalue weighted by atomic mass is 16.4. The highest BCUT2D eigenvalue weighted by Crippen LogP contribution is 2.25. The molecule has 0 amide bonds. The molecule has 0 bridgehead atoms. The van der Waals surface area contributed by atoms with Crippen LogP contribution in [0.15, 0.2) is 46.2 Å². The van der Waals surface area contributed by atoms with Crippen molar-refractivity contribution in [2.45, 2.75) is 6.92 Å². The van der Waals surface area contributed by atoms with Crippen molar-refractivity contribution in [1.82, 2.24) is 4.90 Å². The maximum absolute atomic E-state index is 9.34. The van der Waals surface area contributed by atoms with E-state index in [9.17, 15) is 5.26 Å². The third-order valence-electron chi connectivity index (χ3n) is 2.81. The summed E-state index contributed by atoms with van der Waals surface area (Å²) in [6.45, 7) is 1.79. The van der Waals surface area contributed by atoms with Gasteiger partial charge in [0, 0.05) is 7.05 Å². The van der Waals surface area contributed by atoms with Gasteiger partial charge in [0.2, 0.25) is 5.84 Å². The lowest BCUT2D eigenvalue weighted by Crippen LogP contribution is -2.20. The summed E-state index contributed by atoms with van der Waals surface area (Å²) in [5.41, 5.74) is 1.73. The van der Waals surface area contributed by atoms with E-state index in [4.69, 9.17) is 5.21 Å². The third-order valence-corrected chi connectivity index (χ3v) is 2.81. The highest BCUT2D eigenvalue weighted by Gasteiger charge is 2.26. The molecule has 0 unspecified atom stereocenters. The number of nitrogens with zero attached hydrogens (tertiary/aromatic N) is 4. The van der Waals surface area contributed by atoms with Crippen LogP contribution >= 0.6 is 0 Å². The van der Waals surface area contributed by atoms with Crippen LogP contribution in [-0.2, 0) is 0 Å². The molecule has 5 nitrogen and oxygen atoms in total. The van der Waals surface area contributed by atoms with Gasteiger partial charge < -0.3 is 10.1 Å². The van der Waals surface area contributed by atoms with Gasteiger partial charge in [-0.05, 0) is 12.5 Å². The number of oxime groups is 1. The van der Waals surface area contributed by atoms with Crippen molar-refractivity contribution >= 4 is 17.2 Å². The summed E-state index contributed by atoms with van der Waals surface area (Å²) < 4.78 is 0. The number of aliphatic imine (C=N–C) groups is 1. The number of hydrogen-bond donors (Lipinski definition) is 1. The molecule has 0 saturated heterocycles. The molecule has 18 heavy (non-hydrogen) atoms. The average Bonchev–Trinajstić information content (AvgIpc) is 2.69. The van der Waals surface area contributed by atoms with E-state index in [2.05, 4.69) is 16.2 Å². The molecule has 0 aliphatic carbocycles. The summed E-state index contributed by atoms with van der Waals surface area (Å²) in [6.07, 6.45) is 0. The van der Waals surface area contributed by atoms with Gasteiger partial charge in [-0.1, -0.05) is 35.5 Å². The van der Waals surface area contributed by atoms with E-state index in [1.807, 2.05) is 30.3 Å². The molecule has 1 aliphatic heterocycles. The monoisotopic (exact) mass is 240 g/mol. The van der Waals surface area contributed by atoms with Gasteiger partial charge in [-0.3, -0.25) is 0 Å². The first-order chi connectivity index (χ1) is 8.69. The normalized spacial score (nSPS) is 19.7. The molecule has 1 heterocycles. The predicted molar refractivity (Wildman–Crippen MR) is 69.1 cm³/mol. The third kappa shape index (κ3) is 1.84. The average molecular weight is 240 g/mol. The van der Waals surface area contributed by atoms with Gasteiger partial charge in [0.05, 0.1) is 5.57 Å². The van der Waals surface area contributed by atoms with Crippen LogP contribution in [0, 0.1) is 11.3 Å². The van der Waals surface area contributed by atoms with Crippen molar-refractivity contribution < 1.29 is 5.21 Å². The lowest BCUT2D eigenvalue weighted by molar-refractivity contribution is 0.318. The maximum Gasteiger partial charge on any atom is 0.218 e. The lowest BCUT2D eigenvalue weighted by Gasteiger charge is -2.14. The number of amidine groups is 2. The fourth-order valence-electron chi connectivity index (χ4n) is 1.80. The Hall–Kier alpha value is -2.61. The van der Waals surface area contributed by atoms with E-state index in [0.29, 0.717) is 17.1 Å². The largest absolute Gasteiger partial charge is 0.409 e. The fourth-order valence-corrected chi connectivity index (χ4v) is 1.80. The Morgan fingerprint density at radius 3 is 2.61 bits per heavy atom. The van der Waals surface area contributed by atoms with Crippen LogP contribution in [0.1, 0.15) is 12.5 Å². The molecule has 1 N–H and O–H groups in total. The van der Waals surface area contributed by atoms with Crippen molar-refractivity contribution in [2.24, 2.45) is 10.1 Å². The van der Waals surface area contributed by atoms with Gasteiger partial charge in [0.25, 0.3) is 0 Å². The van der Waals surface area contributed by atoms with E-state index in [1.54, 1.807) is 18.9 Å². The Labute approximate surface area is 105 Å². The Balaban J connectivity index is 2.63. The van der Waals surface area contributed by atoms with Crippen LogP contribution in [0.4, 0.5) is 0 Å². The molecular formula is C13H12N4O. The standard InChI is InChI=1S/C13H12N4O/c1-9-15-13(16-18)12(17(9)2)11(8-14)10-6-4-3-5-7-10/h3-7,18H,1-2H3/b12-11+,16-13-. The molecule has 5 heteroatoms. The van der Waals surface area contributed by atoms with Gasteiger partial charge in [0.15, 0.2) is 0 Å². The van der Waals surface area contributed by atoms with E-state index in [-0.39, 0.29) is 5.84 Å². The number of hydrogen-bond acceptors (Lipinski definition) is 4. The molecule has 1 aliphatic rings. The Morgan fingerprint density at radius 2 is 2.06 bits per heavy atom. The summed E-state index contributed by atoms with van der Waals surface area (Å²) in [5.74, 6) is 0.844. The lowest BCUT2D eigenvalue weighted by atomic mass is 10.0. The smallest absolute Gasteiger partial charge is 0.218 e. The van der Waals surface area contributed by atoms with Gasteiger partial charge in [-0.15, -0.1) is 0 Å². The second kappa shape index (κ2) is 4.72. The SMILES string of the molecule is CC1=NC(=N\O)/C(=C(/C#N)c2ccccc2)N1C. The summed E-state index contributed by atoms with van der Waals surface area (Å²) in [4.78, 5) is 5.83. The molecular weight excluding hydrogens is 228 g/mol. The Morgan fingerprint density at radius 1 is 1.39 bits per heavy atom. The predicted octanol–water partition coefficient (Wildman–Crippen LogP) is 2.07. The molecule has 1 aromatic carbocycles. The fraction of sp³-hybridized carbons (Fsp3) is 0.154. The number of benzene rings is 1. The van der Waals surface area contributed by atoms with Crippen LogP contribution in [0.25, 0.3) is 5.57 Å². The van der Waals surface area contributed by atoms with Gasteiger partial charge in [0.1, 0.15) is 17.6 Å². The van der Waals surface area contributed by atoms with Gasteiger partial charge >= 0.3 is 0 Å².